The molecule has 0 aromatic rings. The van der Waals surface area contributed by atoms with Gasteiger partial charge in [0, 0.05) is 25.1 Å². The van der Waals surface area contributed by atoms with E-state index in [1.807, 2.05) is 0 Å². The lowest BCUT2D eigenvalue weighted by Gasteiger charge is -2.17. The summed E-state index contributed by atoms with van der Waals surface area (Å²) in [5.41, 5.74) is 0.346. The molecule has 1 heterocycles. The van der Waals surface area contributed by atoms with E-state index >= 15 is 0 Å². The second-order valence-electron chi connectivity index (χ2n) is 8.73. The van der Waals surface area contributed by atoms with Gasteiger partial charge >= 0.3 is 0 Å². The van der Waals surface area contributed by atoms with E-state index in [2.05, 4.69) is 26.1 Å². The molecule has 3 amide bonds. The molecule has 0 aromatic carbocycles. The Balaban J connectivity index is 1.76. The molecule has 9 nitrogen and oxygen atoms in total. The number of carbonyl (C=O) groups excluding carboxylic acids is 3. The molecular weight excluding hydrogens is 416 g/mol. The normalized spacial score (nSPS) is 13.9. The van der Waals surface area contributed by atoms with Gasteiger partial charge in [0.15, 0.2) is 0 Å². The molecule has 0 saturated heterocycles. The third-order valence-corrected chi connectivity index (χ3v) is 4.62. The van der Waals surface area contributed by atoms with Crippen molar-refractivity contribution in [3.05, 3.63) is 12.2 Å². The second-order valence-corrected chi connectivity index (χ2v) is 8.73. The van der Waals surface area contributed by atoms with Gasteiger partial charge < -0.3 is 24.3 Å². The summed E-state index contributed by atoms with van der Waals surface area (Å²) >= 11 is 0. The van der Waals surface area contributed by atoms with Crippen LogP contribution >= 0.6 is 0 Å². The van der Waals surface area contributed by atoms with Gasteiger partial charge in [-0.2, -0.15) is 0 Å². The highest BCUT2D eigenvalue weighted by Crippen LogP contribution is 2.21. The van der Waals surface area contributed by atoms with Gasteiger partial charge in [0.2, 0.25) is 5.91 Å². The Morgan fingerprint density at radius 2 is 1.31 bits per heavy atom. The minimum Gasteiger partial charge on any atom is -0.379 e. The van der Waals surface area contributed by atoms with Crippen LogP contribution in [0.4, 0.5) is 0 Å². The summed E-state index contributed by atoms with van der Waals surface area (Å²) in [4.78, 5) is 35.5. The van der Waals surface area contributed by atoms with Crippen molar-refractivity contribution in [3.8, 4) is 0 Å². The van der Waals surface area contributed by atoms with E-state index in [0.29, 0.717) is 58.1 Å². The van der Waals surface area contributed by atoms with Crippen molar-refractivity contribution >= 4 is 17.7 Å². The summed E-state index contributed by atoms with van der Waals surface area (Å²) in [5, 5.41) is 2.92. The van der Waals surface area contributed by atoms with E-state index < -0.39 is 0 Å². The van der Waals surface area contributed by atoms with E-state index in [0.717, 1.165) is 30.7 Å². The average molecular weight is 457 g/mol. The molecule has 32 heavy (non-hydrogen) atoms. The highest BCUT2D eigenvalue weighted by Gasteiger charge is 2.22. The Hall–Kier alpha value is -1.81. The van der Waals surface area contributed by atoms with Crippen LogP contribution < -0.4 is 5.32 Å². The summed E-state index contributed by atoms with van der Waals surface area (Å²) in [7, 11) is 0. The van der Waals surface area contributed by atoms with Gasteiger partial charge in [-0.15, -0.1) is 0 Å². The summed E-state index contributed by atoms with van der Waals surface area (Å²) in [6, 6.07) is 0. The van der Waals surface area contributed by atoms with E-state index in [4.69, 9.17) is 18.9 Å². The van der Waals surface area contributed by atoms with Crippen LogP contribution in [0, 0.1) is 5.41 Å². The maximum Gasteiger partial charge on any atom is 0.253 e. The number of hydrogen-bond acceptors (Lipinski definition) is 7. The molecule has 9 heteroatoms. The van der Waals surface area contributed by atoms with Gasteiger partial charge in [-0.25, -0.2) is 0 Å². The first-order valence-corrected chi connectivity index (χ1v) is 11.4. The van der Waals surface area contributed by atoms with Crippen LogP contribution in [0.25, 0.3) is 0 Å². The Morgan fingerprint density at radius 3 is 1.84 bits per heavy atom. The van der Waals surface area contributed by atoms with E-state index in [1.54, 1.807) is 0 Å². The molecule has 1 aliphatic heterocycles. The standard InChI is InChI=1S/C23H40N2O7/c1-23(2,3)9-4-5-10-24-20(26)8-12-29-14-16-31-18-19-32-17-15-30-13-11-25-21(27)6-7-22(25)28/h6-7H,4-5,8-19H2,1-3H3,(H,24,26). The molecule has 1 aliphatic rings. The zero-order chi connectivity index (χ0) is 23.7. The van der Waals surface area contributed by atoms with Crippen molar-refractivity contribution in [2.45, 2.75) is 46.5 Å². The van der Waals surface area contributed by atoms with Crippen LogP contribution in [0.2, 0.25) is 0 Å². The van der Waals surface area contributed by atoms with E-state index in [-0.39, 0.29) is 30.9 Å². The predicted octanol–water partition coefficient (Wildman–Crippen LogP) is 1.70. The predicted molar refractivity (Wildman–Crippen MR) is 120 cm³/mol. The molecule has 1 rings (SSSR count). The van der Waals surface area contributed by atoms with Gasteiger partial charge in [-0.3, -0.25) is 19.3 Å². The van der Waals surface area contributed by atoms with Gasteiger partial charge in [-0.05, 0) is 18.3 Å². The van der Waals surface area contributed by atoms with Crippen LogP contribution in [-0.2, 0) is 33.3 Å². The number of nitrogens with zero attached hydrogens (tertiary/aromatic N) is 1. The number of hydrogen-bond donors (Lipinski definition) is 1. The van der Waals surface area contributed by atoms with Gasteiger partial charge in [0.25, 0.3) is 11.8 Å². The van der Waals surface area contributed by atoms with Crippen molar-refractivity contribution in [1.82, 2.24) is 10.2 Å². The van der Waals surface area contributed by atoms with Crippen LogP contribution in [0.3, 0.4) is 0 Å². The zero-order valence-corrected chi connectivity index (χ0v) is 19.9. The van der Waals surface area contributed by atoms with Crippen LogP contribution in [0.15, 0.2) is 12.2 Å². The van der Waals surface area contributed by atoms with Gasteiger partial charge in [0.05, 0.1) is 59.4 Å². The number of unbranched alkanes of at least 4 members (excludes halogenated alkanes) is 1. The topological polar surface area (TPSA) is 103 Å². The fraction of sp³-hybridized carbons (Fsp3) is 0.783. The lowest BCUT2D eigenvalue weighted by Crippen LogP contribution is -2.33. The minimum absolute atomic E-state index is 0.0209. The molecule has 0 saturated carbocycles. The van der Waals surface area contributed by atoms with Crippen LogP contribution in [0.5, 0.6) is 0 Å². The van der Waals surface area contributed by atoms with Gasteiger partial charge in [-0.1, -0.05) is 27.2 Å². The zero-order valence-electron chi connectivity index (χ0n) is 19.9. The quantitative estimate of drug-likeness (QED) is 0.233. The van der Waals surface area contributed by atoms with Crippen molar-refractivity contribution < 1.29 is 33.3 Å². The molecular formula is C23H40N2O7. The van der Waals surface area contributed by atoms with Gasteiger partial charge in [0.1, 0.15) is 0 Å². The highest BCUT2D eigenvalue weighted by molar-refractivity contribution is 6.12. The first-order valence-electron chi connectivity index (χ1n) is 11.4. The minimum atomic E-state index is -0.304. The van der Waals surface area contributed by atoms with Crippen molar-refractivity contribution in [3.63, 3.8) is 0 Å². The van der Waals surface area contributed by atoms with Crippen molar-refractivity contribution in [1.29, 1.82) is 0 Å². The maximum atomic E-state index is 11.7. The fourth-order valence-electron chi connectivity index (χ4n) is 2.83. The smallest absolute Gasteiger partial charge is 0.253 e. The van der Waals surface area contributed by atoms with E-state index in [9.17, 15) is 14.4 Å². The third kappa shape index (κ3) is 15.1. The molecule has 0 spiro atoms. The number of amides is 3. The molecule has 0 bridgehead atoms. The molecule has 1 N–H and O–H groups in total. The largest absolute Gasteiger partial charge is 0.379 e. The third-order valence-electron chi connectivity index (χ3n) is 4.62. The Kier molecular flexibility index (Phi) is 14.8. The van der Waals surface area contributed by atoms with Crippen molar-refractivity contribution in [2.75, 3.05) is 65.9 Å². The number of ether oxygens (including phenoxy) is 4. The van der Waals surface area contributed by atoms with Crippen LogP contribution in [-0.4, -0.2) is 88.6 Å². The Morgan fingerprint density at radius 1 is 0.812 bits per heavy atom. The highest BCUT2D eigenvalue weighted by atomic mass is 16.6. The number of imide groups is 1. The molecule has 0 aliphatic carbocycles. The summed E-state index contributed by atoms with van der Waals surface area (Å²) < 4.78 is 21.5. The number of rotatable bonds is 19. The van der Waals surface area contributed by atoms with E-state index in [1.165, 1.54) is 12.2 Å². The average Bonchev–Trinajstić information content (AvgIpc) is 3.04. The molecule has 0 fully saturated rings. The molecule has 184 valence electrons. The summed E-state index contributed by atoms with van der Waals surface area (Å²) in [5.74, 6) is -0.588. The maximum absolute atomic E-state index is 11.7. The molecule has 0 unspecified atom stereocenters. The first kappa shape index (κ1) is 28.2. The number of carbonyl (C=O) groups is 3. The fourth-order valence-corrected chi connectivity index (χ4v) is 2.83. The Bertz CT molecular complexity index is 569. The lowest BCUT2D eigenvalue weighted by atomic mass is 9.90. The number of nitrogens with one attached hydrogen (secondary N) is 1. The summed E-state index contributed by atoms with van der Waals surface area (Å²) in [6.07, 6.45) is 6.15. The molecule has 0 atom stereocenters. The van der Waals surface area contributed by atoms with Crippen LogP contribution in [0.1, 0.15) is 46.5 Å². The summed E-state index contributed by atoms with van der Waals surface area (Å²) in [6.45, 7) is 10.9. The Labute approximate surface area is 191 Å². The van der Waals surface area contributed by atoms with Crippen molar-refractivity contribution in [2.24, 2.45) is 5.41 Å². The lowest BCUT2D eigenvalue weighted by molar-refractivity contribution is -0.137. The second kappa shape index (κ2) is 16.8. The molecule has 0 radical (unpaired) electrons. The SMILES string of the molecule is CC(C)(C)CCCCNC(=O)CCOCCOCCOCCOCCN1C(=O)C=CC1=O. The monoisotopic (exact) mass is 456 g/mol. The first-order chi connectivity index (χ1) is 15.3. The molecule has 0 aromatic heterocycles.